The maximum atomic E-state index is 6.59. The lowest BCUT2D eigenvalue weighted by atomic mass is 10.0. The molecule has 0 fully saturated rings. The molecule has 0 aromatic carbocycles. The summed E-state index contributed by atoms with van der Waals surface area (Å²) in [6, 6.07) is 0. The van der Waals surface area contributed by atoms with E-state index in [1.165, 1.54) is 77.0 Å². The normalized spacial score (nSPS) is 9.00. The van der Waals surface area contributed by atoms with Gasteiger partial charge in [-0.25, -0.2) is 0 Å². The topological polar surface area (TPSA) is 0 Å². The van der Waals surface area contributed by atoms with Gasteiger partial charge in [0.05, 0.1) is 0 Å². The molecule has 0 aromatic heterocycles. The lowest BCUT2D eigenvalue weighted by Crippen LogP contribution is -1.82. The van der Waals surface area contributed by atoms with Gasteiger partial charge in [0.2, 0.25) is 0 Å². The molecule has 0 spiro atoms. The van der Waals surface area contributed by atoms with Crippen LogP contribution in [-0.4, -0.2) is 0 Å². The summed E-state index contributed by atoms with van der Waals surface area (Å²) in [6.45, 7) is 2.27. The van der Waals surface area contributed by atoms with Crippen LogP contribution in [0.15, 0.2) is 0 Å². The highest BCUT2D eigenvalue weighted by molar-refractivity contribution is 5.32. The molecule has 0 rings (SSSR count). The zero-order valence-corrected chi connectivity index (χ0v) is 13.2. The molecule has 0 unspecified atom stereocenters. The van der Waals surface area contributed by atoms with Crippen molar-refractivity contribution in [2.45, 2.75) is 90.4 Å². The summed E-state index contributed by atoms with van der Waals surface area (Å²) in [7, 11) is 0. The minimum atomic E-state index is 0.935. The van der Waals surface area contributed by atoms with Gasteiger partial charge in [0.1, 0.15) is 0 Å². The second kappa shape index (κ2) is 17.7. The number of hydrogen-bond donors (Lipinski definition) is 0. The van der Waals surface area contributed by atoms with Gasteiger partial charge in [-0.1, -0.05) is 83.5 Å². The van der Waals surface area contributed by atoms with E-state index in [9.17, 15) is 0 Å². The molecule has 0 aliphatic rings. The molecule has 0 atom stereocenters. The first kappa shape index (κ1) is 18.7. The lowest BCUT2D eigenvalue weighted by Gasteiger charge is -2.01. The van der Waals surface area contributed by atoms with Gasteiger partial charge in [0, 0.05) is 6.42 Å². The molecule has 0 aliphatic carbocycles. The number of hydrogen-bond acceptors (Lipinski definition) is 0. The predicted octanol–water partition coefficient (Wildman–Crippen LogP) is 5.67. The van der Waals surface area contributed by atoms with Crippen molar-refractivity contribution in [2.24, 2.45) is 0 Å². The van der Waals surface area contributed by atoms with Gasteiger partial charge in [-0.05, 0) is 36.5 Å². The van der Waals surface area contributed by atoms with Gasteiger partial charge in [-0.15, -0.1) is 0 Å². The predicted molar refractivity (Wildman–Crippen MR) is 88.4 cm³/mol. The van der Waals surface area contributed by atoms with Crippen LogP contribution in [0.1, 0.15) is 90.4 Å². The van der Waals surface area contributed by atoms with Crippen LogP contribution in [0.5, 0.6) is 0 Å². The average Bonchev–Trinajstić information content (AvgIpc) is 2.47. The Kier molecular flexibility index (Phi) is 16.5. The Morgan fingerprint density at radius 2 is 1.10 bits per heavy atom. The van der Waals surface area contributed by atoms with E-state index >= 15 is 0 Å². The van der Waals surface area contributed by atoms with Crippen molar-refractivity contribution < 1.29 is 0 Å². The molecule has 0 N–H and O–H groups in total. The molecular weight excluding hydrogens is 240 g/mol. The summed E-state index contributed by atoms with van der Waals surface area (Å²) >= 11 is 0. The van der Waals surface area contributed by atoms with Crippen LogP contribution in [0.2, 0.25) is 0 Å². The third kappa shape index (κ3) is 16.7. The van der Waals surface area contributed by atoms with Crippen molar-refractivity contribution >= 4 is 0 Å². The van der Waals surface area contributed by atoms with E-state index in [0.29, 0.717) is 0 Å². The summed E-state index contributed by atoms with van der Waals surface area (Å²) in [6.07, 6.45) is 24.0. The Labute approximate surface area is 127 Å². The fourth-order valence-corrected chi connectivity index (χ4v) is 2.22. The van der Waals surface area contributed by atoms with E-state index in [2.05, 4.69) is 30.6 Å². The maximum Gasteiger partial charge on any atom is 0.00989 e. The molecule has 0 amide bonds. The van der Waals surface area contributed by atoms with Crippen molar-refractivity contribution in [3.63, 3.8) is 0 Å². The molecule has 0 nitrogen and oxygen atoms in total. The van der Waals surface area contributed by atoms with Crippen LogP contribution in [0.3, 0.4) is 0 Å². The van der Waals surface area contributed by atoms with Gasteiger partial charge in [-0.2, -0.15) is 0 Å². The minimum absolute atomic E-state index is 0.935. The van der Waals surface area contributed by atoms with Crippen molar-refractivity contribution in [3.8, 4) is 29.6 Å². The molecule has 0 bridgehead atoms. The molecule has 0 heterocycles. The lowest BCUT2D eigenvalue weighted by molar-refractivity contribution is 0.545. The third-order valence-corrected chi connectivity index (χ3v) is 3.43. The Bertz CT molecular complexity index is 347. The Hall–Kier alpha value is -1.32. The molecule has 20 heavy (non-hydrogen) atoms. The van der Waals surface area contributed by atoms with Crippen molar-refractivity contribution in [1.82, 2.24) is 0 Å². The Morgan fingerprint density at radius 1 is 0.600 bits per heavy atom. The summed E-state index contributed by atoms with van der Waals surface area (Å²) in [5.74, 6) is 12.7. The number of rotatable bonds is 12. The highest BCUT2D eigenvalue weighted by Crippen LogP contribution is 2.12. The molecule has 0 aliphatic heterocycles. The van der Waals surface area contributed by atoms with Crippen LogP contribution in [0, 0.1) is 36.0 Å². The minimum Gasteiger partial charge on any atom is -0.0891 e. The van der Waals surface area contributed by atoms with E-state index in [1.807, 2.05) is 5.92 Å². The maximum absolute atomic E-state index is 6.59. The van der Waals surface area contributed by atoms with E-state index in [4.69, 9.17) is 6.42 Å². The Balaban J connectivity index is 3.09. The molecule has 0 saturated heterocycles. The monoisotopic (exact) mass is 269 g/mol. The van der Waals surface area contributed by atoms with Gasteiger partial charge >= 0.3 is 0 Å². The largest absolute Gasteiger partial charge is 0.0891 e. The quantitative estimate of drug-likeness (QED) is 0.316. The van der Waals surface area contributed by atoms with Crippen LogP contribution in [0.25, 0.3) is 0 Å². The second-order valence-corrected chi connectivity index (χ2v) is 5.32. The van der Waals surface area contributed by atoms with Gasteiger partial charge < -0.3 is 0 Å². The highest BCUT2D eigenvalue weighted by Gasteiger charge is 1.92. The molecule has 109 valence electrons. The van der Waals surface area contributed by atoms with Gasteiger partial charge in [-0.3, -0.25) is 0 Å². The number of unbranched alkanes of at least 4 members (excludes halogenated alkanes) is 12. The molecule has 0 aromatic rings. The molecule has 0 saturated carbocycles. The van der Waals surface area contributed by atoms with Crippen LogP contribution in [-0.2, 0) is 0 Å². The fraction of sp³-hybridized carbons (Fsp3) is 0.700. The first-order valence-corrected chi connectivity index (χ1v) is 8.31. The van der Waals surface area contributed by atoms with Crippen LogP contribution < -0.4 is 0 Å². The standard InChI is InChI=1S/C20H29/c1-3-5-7-9-11-13-15-17-19-20-18-16-14-12-10-8-6-4-2/h3,5,7,9,11,13-20H2,1H3. The van der Waals surface area contributed by atoms with E-state index in [0.717, 1.165) is 6.42 Å². The zero-order chi connectivity index (χ0) is 14.7. The molecule has 0 heteroatoms. The first-order valence-electron chi connectivity index (χ1n) is 8.31. The highest BCUT2D eigenvalue weighted by atomic mass is 14.0. The summed E-state index contributed by atoms with van der Waals surface area (Å²) < 4.78 is 0. The smallest absolute Gasteiger partial charge is 0.00989 e. The van der Waals surface area contributed by atoms with Crippen molar-refractivity contribution in [1.29, 1.82) is 0 Å². The van der Waals surface area contributed by atoms with E-state index in [1.54, 1.807) is 0 Å². The van der Waals surface area contributed by atoms with Gasteiger partial charge in [0.15, 0.2) is 0 Å². The van der Waals surface area contributed by atoms with E-state index < -0.39 is 0 Å². The van der Waals surface area contributed by atoms with Crippen LogP contribution >= 0.6 is 0 Å². The van der Waals surface area contributed by atoms with E-state index in [-0.39, 0.29) is 0 Å². The average molecular weight is 269 g/mol. The summed E-state index contributed by atoms with van der Waals surface area (Å²) in [4.78, 5) is 0. The third-order valence-electron chi connectivity index (χ3n) is 3.43. The Morgan fingerprint density at radius 3 is 1.60 bits per heavy atom. The van der Waals surface area contributed by atoms with Crippen molar-refractivity contribution in [3.05, 3.63) is 6.42 Å². The van der Waals surface area contributed by atoms with Crippen LogP contribution in [0.4, 0.5) is 0 Å². The SMILES string of the molecule is [C]#CC#CC#CCCCCCCCCCCCCCC. The fourth-order valence-electron chi connectivity index (χ4n) is 2.22. The van der Waals surface area contributed by atoms with Crippen molar-refractivity contribution in [2.75, 3.05) is 0 Å². The summed E-state index contributed by atoms with van der Waals surface area (Å²) in [5.41, 5.74) is 0. The van der Waals surface area contributed by atoms with Gasteiger partial charge in [0.25, 0.3) is 0 Å². The second-order valence-electron chi connectivity index (χ2n) is 5.32. The zero-order valence-electron chi connectivity index (χ0n) is 13.2. The molecule has 1 radical (unpaired) electrons. The first-order chi connectivity index (χ1) is 9.91. The molecular formula is C20H29. The summed E-state index contributed by atoms with van der Waals surface area (Å²) in [5, 5.41) is 0.